The Labute approximate surface area is 72.5 Å². The minimum absolute atomic E-state index is 0.0804. The van der Waals surface area contributed by atoms with E-state index >= 15 is 0 Å². The fourth-order valence-corrected chi connectivity index (χ4v) is 0.753. The van der Waals surface area contributed by atoms with Crippen LogP contribution in [0, 0.1) is 5.92 Å². The highest BCUT2D eigenvalue weighted by Crippen LogP contribution is 2.04. The number of rotatable bonds is 5. The monoisotopic (exact) mass is 171 g/mol. The molecule has 0 aliphatic carbocycles. The van der Waals surface area contributed by atoms with E-state index in [1.807, 2.05) is 13.8 Å². The van der Waals surface area contributed by atoms with E-state index in [9.17, 15) is 9.59 Å². The average Bonchev–Trinajstić information content (AvgIpc) is 2.11. The minimum atomic E-state index is -0.525. The lowest BCUT2D eigenvalue weighted by molar-refractivity contribution is -0.123. The Morgan fingerprint density at radius 3 is 2.67 bits per heavy atom. The van der Waals surface area contributed by atoms with Crippen molar-refractivity contribution >= 4 is 12.2 Å². The van der Waals surface area contributed by atoms with Crippen molar-refractivity contribution in [1.82, 2.24) is 5.32 Å². The topological polar surface area (TPSA) is 72.2 Å². The van der Waals surface area contributed by atoms with Crippen molar-refractivity contribution in [2.24, 2.45) is 11.7 Å². The molecule has 12 heavy (non-hydrogen) atoms. The average molecular weight is 171 g/mol. The van der Waals surface area contributed by atoms with Crippen molar-refractivity contribution in [2.45, 2.75) is 26.3 Å². The molecule has 0 saturated carbocycles. The van der Waals surface area contributed by atoms with Crippen molar-refractivity contribution in [3.05, 3.63) is 0 Å². The molecule has 0 aromatic carbocycles. The first-order valence-corrected chi connectivity index (χ1v) is 4.01. The second kappa shape index (κ2) is 5.71. The zero-order valence-electron chi connectivity index (χ0n) is 7.46. The smallest absolute Gasteiger partial charge is 0.237 e. The van der Waals surface area contributed by atoms with E-state index in [0.29, 0.717) is 0 Å². The van der Waals surface area contributed by atoms with Gasteiger partial charge in [0.1, 0.15) is 0 Å². The maximum Gasteiger partial charge on any atom is 0.237 e. The molecule has 69 valence electrons. The molecule has 4 heteroatoms. The van der Waals surface area contributed by atoms with Gasteiger partial charge >= 0.3 is 0 Å². The predicted octanol–water partition coefficient (Wildman–Crippen LogP) is -0.414. The van der Waals surface area contributed by atoms with Gasteiger partial charge in [-0.05, 0) is 5.92 Å². The van der Waals surface area contributed by atoms with Crippen LogP contribution in [0.3, 0.4) is 0 Å². The molecule has 1 radical (unpaired) electrons. The lowest BCUT2D eigenvalue weighted by atomic mass is 9.99. The van der Waals surface area contributed by atoms with Gasteiger partial charge in [-0.25, -0.2) is 0 Å². The van der Waals surface area contributed by atoms with Gasteiger partial charge in [0.05, 0.1) is 12.6 Å². The van der Waals surface area contributed by atoms with Crippen LogP contribution in [0.15, 0.2) is 0 Å². The maximum absolute atomic E-state index is 11.1. The molecular weight excluding hydrogens is 156 g/mol. The molecule has 0 aliphatic heterocycles. The van der Waals surface area contributed by atoms with Gasteiger partial charge < -0.3 is 11.1 Å². The second-order valence-electron chi connectivity index (χ2n) is 2.77. The largest absolute Gasteiger partial charge is 0.347 e. The van der Waals surface area contributed by atoms with Crippen LogP contribution in [0.2, 0.25) is 0 Å². The quantitative estimate of drug-likeness (QED) is 0.590. The summed E-state index contributed by atoms with van der Waals surface area (Å²) in [6.45, 7) is 3.78. The summed E-state index contributed by atoms with van der Waals surface area (Å²) in [5, 5.41) is 2.36. The first kappa shape index (κ1) is 11.1. The first-order valence-electron chi connectivity index (χ1n) is 4.01. The first-order chi connectivity index (χ1) is 5.63. The van der Waals surface area contributed by atoms with Crippen molar-refractivity contribution in [1.29, 1.82) is 0 Å². The summed E-state index contributed by atoms with van der Waals surface area (Å²) in [7, 11) is 0. The molecule has 2 atom stereocenters. The van der Waals surface area contributed by atoms with Gasteiger partial charge in [0.2, 0.25) is 12.2 Å². The van der Waals surface area contributed by atoms with E-state index in [1.54, 1.807) is 6.29 Å². The molecule has 3 N–H and O–H groups in total. The molecule has 0 aromatic rings. The summed E-state index contributed by atoms with van der Waals surface area (Å²) in [4.78, 5) is 20.9. The molecule has 0 aliphatic rings. The Hall–Kier alpha value is -0.900. The zero-order valence-corrected chi connectivity index (χ0v) is 7.46. The third kappa shape index (κ3) is 3.48. The Morgan fingerprint density at radius 2 is 2.25 bits per heavy atom. The SMILES string of the molecule is CC[C@H](C)[C@H](N)C(=O)NC[C]=O. The minimum Gasteiger partial charge on any atom is -0.347 e. The van der Waals surface area contributed by atoms with Gasteiger partial charge in [0, 0.05) is 0 Å². The molecular formula is C8H15N2O2. The molecule has 0 saturated heterocycles. The zero-order chi connectivity index (χ0) is 9.56. The van der Waals surface area contributed by atoms with Crippen molar-refractivity contribution < 1.29 is 9.59 Å². The van der Waals surface area contributed by atoms with Crippen molar-refractivity contribution in [3.8, 4) is 0 Å². The summed E-state index contributed by atoms with van der Waals surface area (Å²) in [5.41, 5.74) is 5.57. The molecule has 0 fully saturated rings. The van der Waals surface area contributed by atoms with Crippen molar-refractivity contribution in [2.75, 3.05) is 6.54 Å². The summed E-state index contributed by atoms with van der Waals surface area (Å²) in [6, 6.07) is -0.525. The van der Waals surface area contributed by atoms with E-state index in [2.05, 4.69) is 5.32 Å². The Kier molecular flexibility index (Phi) is 5.28. The standard InChI is InChI=1S/C8H15N2O2/c1-3-6(2)7(9)8(12)10-4-5-11/h6-7H,3-4,9H2,1-2H3,(H,10,12)/t6-,7-/m0/s1. The summed E-state index contributed by atoms with van der Waals surface area (Å²) < 4.78 is 0. The Bertz CT molecular complexity index is 159. The molecule has 0 spiro atoms. The highest BCUT2D eigenvalue weighted by Gasteiger charge is 2.18. The number of carbonyl (C=O) groups excluding carboxylic acids is 2. The summed E-state index contributed by atoms with van der Waals surface area (Å²) >= 11 is 0. The molecule has 0 aromatic heterocycles. The van der Waals surface area contributed by atoms with Gasteiger partial charge in [0.15, 0.2) is 0 Å². The van der Waals surface area contributed by atoms with E-state index in [0.717, 1.165) is 6.42 Å². The van der Waals surface area contributed by atoms with Crippen LogP contribution < -0.4 is 11.1 Å². The lowest BCUT2D eigenvalue weighted by Gasteiger charge is -2.16. The number of nitrogens with two attached hydrogens (primary N) is 1. The van der Waals surface area contributed by atoms with Crippen LogP contribution in [0.5, 0.6) is 0 Å². The van der Waals surface area contributed by atoms with Crippen LogP contribution in [-0.2, 0) is 9.59 Å². The van der Waals surface area contributed by atoms with Gasteiger partial charge in [-0.2, -0.15) is 0 Å². The van der Waals surface area contributed by atoms with E-state index in [-0.39, 0.29) is 18.4 Å². The third-order valence-corrected chi connectivity index (χ3v) is 1.89. The van der Waals surface area contributed by atoms with Crippen LogP contribution in [0.1, 0.15) is 20.3 Å². The van der Waals surface area contributed by atoms with Gasteiger partial charge in [-0.15, -0.1) is 0 Å². The number of amides is 1. The third-order valence-electron chi connectivity index (χ3n) is 1.89. The predicted molar refractivity (Wildman–Crippen MR) is 46.1 cm³/mol. The van der Waals surface area contributed by atoms with Crippen LogP contribution >= 0.6 is 0 Å². The van der Waals surface area contributed by atoms with Crippen LogP contribution in [-0.4, -0.2) is 24.8 Å². The van der Waals surface area contributed by atoms with Crippen LogP contribution in [0.25, 0.3) is 0 Å². The number of carbonyl (C=O) groups is 1. The normalized spacial score (nSPS) is 14.9. The highest BCUT2D eigenvalue weighted by atomic mass is 16.2. The van der Waals surface area contributed by atoms with Gasteiger partial charge in [-0.3, -0.25) is 9.59 Å². The fourth-order valence-electron chi connectivity index (χ4n) is 0.753. The van der Waals surface area contributed by atoms with Gasteiger partial charge in [0.25, 0.3) is 0 Å². The maximum atomic E-state index is 11.1. The lowest BCUT2D eigenvalue weighted by Crippen LogP contribution is -2.45. The van der Waals surface area contributed by atoms with Crippen LogP contribution in [0.4, 0.5) is 0 Å². The molecule has 4 nitrogen and oxygen atoms in total. The molecule has 1 amide bonds. The highest BCUT2D eigenvalue weighted by molar-refractivity contribution is 5.83. The summed E-state index contributed by atoms with van der Waals surface area (Å²) in [5.74, 6) is -0.149. The number of hydrogen-bond acceptors (Lipinski definition) is 3. The molecule has 0 heterocycles. The molecule has 0 unspecified atom stereocenters. The van der Waals surface area contributed by atoms with E-state index in [4.69, 9.17) is 5.73 Å². The fraction of sp³-hybridized carbons (Fsp3) is 0.750. The number of nitrogens with one attached hydrogen (secondary N) is 1. The second-order valence-corrected chi connectivity index (χ2v) is 2.77. The van der Waals surface area contributed by atoms with E-state index < -0.39 is 6.04 Å². The molecule has 0 rings (SSSR count). The molecule has 0 bridgehead atoms. The van der Waals surface area contributed by atoms with Crippen molar-refractivity contribution in [3.63, 3.8) is 0 Å². The summed E-state index contributed by atoms with van der Waals surface area (Å²) in [6.07, 6.45) is 2.42. The Balaban J connectivity index is 3.83. The number of hydrogen-bond donors (Lipinski definition) is 2. The van der Waals surface area contributed by atoms with E-state index in [1.165, 1.54) is 0 Å². The Morgan fingerprint density at radius 1 is 1.67 bits per heavy atom. The van der Waals surface area contributed by atoms with Gasteiger partial charge in [-0.1, -0.05) is 20.3 Å².